The lowest BCUT2D eigenvalue weighted by atomic mass is 9.95. The number of rotatable bonds is 6. The van der Waals surface area contributed by atoms with Crippen LogP contribution < -0.4 is 11.1 Å². The predicted molar refractivity (Wildman–Crippen MR) is 95.2 cm³/mol. The van der Waals surface area contributed by atoms with Gasteiger partial charge in [-0.2, -0.15) is 0 Å². The lowest BCUT2D eigenvalue weighted by molar-refractivity contribution is -0.136. The molecular formula is C19H29N3O2. The van der Waals surface area contributed by atoms with Gasteiger partial charge in [0, 0.05) is 25.6 Å². The first kappa shape index (κ1) is 18.5. The van der Waals surface area contributed by atoms with Crippen molar-refractivity contribution >= 4 is 11.8 Å². The highest BCUT2D eigenvalue weighted by Crippen LogP contribution is 2.18. The molecule has 1 heterocycles. The van der Waals surface area contributed by atoms with Gasteiger partial charge in [-0.05, 0) is 31.7 Å². The zero-order valence-electron chi connectivity index (χ0n) is 14.8. The Labute approximate surface area is 144 Å². The molecule has 2 amide bonds. The smallest absolute Gasteiger partial charge is 0.239 e. The molecule has 1 unspecified atom stereocenters. The molecule has 1 aromatic rings. The topological polar surface area (TPSA) is 75.4 Å². The average Bonchev–Trinajstić information content (AvgIpc) is 2.60. The molecule has 0 bridgehead atoms. The molecule has 1 aliphatic heterocycles. The zero-order chi connectivity index (χ0) is 17.5. The maximum Gasteiger partial charge on any atom is 0.239 e. The molecule has 1 aliphatic rings. The number of nitrogens with two attached hydrogens (primary N) is 1. The molecule has 0 spiro atoms. The van der Waals surface area contributed by atoms with Crippen LogP contribution in [0.5, 0.6) is 0 Å². The highest BCUT2D eigenvalue weighted by Gasteiger charge is 2.29. The van der Waals surface area contributed by atoms with E-state index in [1.807, 2.05) is 43.0 Å². The van der Waals surface area contributed by atoms with E-state index in [-0.39, 0.29) is 17.7 Å². The van der Waals surface area contributed by atoms with Crippen molar-refractivity contribution in [3.63, 3.8) is 0 Å². The number of carbonyl (C=O) groups is 2. The fourth-order valence-corrected chi connectivity index (χ4v) is 3.07. The maximum atomic E-state index is 12.3. The highest BCUT2D eigenvalue weighted by molar-refractivity contribution is 5.82. The van der Waals surface area contributed by atoms with Gasteiger partial charge < -0.3 is 16.0 Å². The Kier molecular flexibility index (Phi) is 6.79. The van der Waals surface area contributed by atoms with Crippen LogP contribution in [0.2, 0.25) is 0 Å². The summed E-state index contributed by atoms with van der Waals surface area (Å²) < 4.78 is 0. The van der Waals surface area contributed by atoms with Crippen LogP contribution in [0.4, 0.5) is 0 Å². The van der Waals surface area contributed by atoms with E-state index in [2.05, 4.69) is 5.32 Å². The third-order valence-corrected chi connectivity index (χ3v) is 4.68. The second kappa shape index (κ2) is 8.83. The van der Waals surface area contributed by atoms with Gasteiger partial charge in [0.1, 0.15) is 0 Å². The minimum atomic E-state index is -0.401. The molecule has 0 radical (unpaired) electrons. The molecule has 1 aromatic carbocycles. The van der Waals surface area contributed by atoms with Crippen LogP contribution in [-0.2, 0) is 16.1 Å². The van der Waals surface area contributed by atoms with Gasteiger partial charge >= 0.3 is 0 Å². The number of amides is 2. The van der Waals surface area contributed by atoms with Crippen molar-refractivity contribution in [2.75, 3.05) is 13.1 Å². The molecule has 1 fully saturated rings. The van der Waals surface area contributed by atoms with Gasteiger partial charge in [-0.1, -0.05) is 43.2 Å². The summed E-state index contributed by atoms with van der Waals surface area (Å²) in [5.74, 6) is 0.0952. The van der Waals surface area contributed by atoms with Crippen LogP contribution in [0.1, 0.15) is 43.7 Å². The van der Waals surface area contributed by atoms with E-state index in [1.165, 1.54) is 5.56 Å². The summed E-state index contributed by atoms with van der Waals surface area (Å²) in [5, 5.41) is 3.01. The zero-order valence-corrected chi connectivity index (χ0v) is 14.8. The van der Waals surface area contributed by atoms with E-state index < -0.39 is 6.04 Å². The van der Waals surface area contributed by atoms with Crippen molar-refractivity contribution in [1.82, 2.24) is 10.2 Å². The fourth-order valence-electron chi connectivity index (χ4n) is 3.07. The van der Waals surface area contributed by atoms with E-state index >= 15 is 0 Å². The summed E-state index contributed by atoms with van der Waals surface area (Å²) in [6.07, 6.45) is 3.05. The first-order chi connectivity index (χ1) is 11.5. The number of hydrogen-bond donors (Lipinski definition) is 2. The maximum absolute atomic E-state index is 12.3. The van der Waals surface area contributed by atoms with Crippen LogP contribution in [-0.4, -0.2) is 35.8 Å². The summed E-state index contributed by atoms with van der Waals surface area (Å²) in [4.78, 5) is 26.3. The molecular weight excluding hydrogens is 302 g/mol. The largest absolute Gasteiger partial charge is 0.352 e. The Balaban J connectivity index is 1.76. The number of hydrogen-bond acceptors (Lipinski definition) is 3. The van der Waals surface area contributed by atoms with Gasteiger partial charge in [0.15, 0.2) is 0 Å². The minimum absolute atomic E-state index is 0.0121. The van der Waals surface area contributed by atoms with Crippen LogP contribution in [0.15, 0.2) is 24.3 Å². The number of nitrogens with one attached hydrogen (secondary N) is 1. The van der Waals surface area contributed by atoms with E-state index in [4.69, 9.17) is 5.73 Å². The van der Waals surface area contributed by atoms with Crippen molar-refractivity contribution in [2.24, 2.45) is 11.7 Å². The molecule has 5 heteroatoms. The van der Waals surface area contributed by atoms with Gasteiger partial charge in [-0.25, -0.2) is 0 Å². The Morgan fingerprint density at radius 3 is 2.46 bits per heavy atom. The third kappa shape index (κ3) is 5.06. The number of carbonyl (C=O) groups excluding carboxylic acids is 2. The molecule has 0 aromatic heterocycles. The van der Waals surface area contributed by atoms with E-state index in [1.54, 1.807) is 0 Å². The van der Waals surface area contributed by atoms with Crippen LogP contribution in [0.3, 0.4) is 0 Å². The standard InChI is InChI=1S/C19H29N3O2/c1-3-4-17(20)19(24)22-11-9-16(10-12-22)18(23)21-13-15-7-5-14(2)6-8-15/h5-8,16-17H,3-4,9-13,20H2,1-2H3,(H,21,23). The van der Waals surface area contributed by atoms with Crippen LogP contribution >= 0.6 is 0 Å². The molecule has 0 saturated carbocycles. The second-order valence-electron chi connectivity index (χ2n) is 6.70. The number of piperidine rings is 1. The molecule has 24 heavy (non-hydrogen) atoms. The first-order valence-corrected chi connectivity index (χ1v) is 8.89. The third-order valence-electron chi connectivity index (χ3n) is 4.68. The quantitative estimate of drug-likeness (QED) is 0.837. The second-order valence-corrected chi connectivity index (χ2v) is 6.70. The average molecular weight is 331 g/mol. The normalized spacial score (nSPS) is 16.7. The summed E-state index contributed by atoms with van der Waals surface area (Å²) >= 11 is 0. The number of benzene rings is 1. The summed E-state index contributed by atoms with van der Waals surface area (Å²) in [5.41, 5.74) is 8.22. The Hall–Kier alpha value is -1.88. The monoisotopic (exact) mass is 331 g/mol. The molecule has 2 rings (SSSR count). The molecule has 132 valence electrons. The van der Waals surface area contributed by atoms with Crippen LogP contribution in [0, 0.1) is 12.8 Å². The first-order valence-electron chi connectivity index (χ1n) is 8.89. The van der Waals surface area contributed by atoms with Crippen molar-refractivity contribution in [2.45, 2.75) is 52.1 Å². The van der Waals surface area contributed by atoms with Gasteiger partial charge in [-0.15, -0.1) is 0 Å². The lowest BCUT2D eigenvalue weighted by Gasteiger charge is -2.33. The highest BCUT2D eigenvalue weighted by atomic mass is 16.2. The van der Waals surface area contributed by atoms with Gasteiger partial charge in [0.05, 0.1) is 6.04 Å². The lowest BCUT2D eigenvalue weighted by Crippen LogP contribution is -2.48. The van der Waals surface area contributed by atoms with Crippen molar-refractivity contribution in [1.29, 1.82) is 0 Å². The van der Waals surface area contributed by atoms with Crippen molar-refractivity contribution < 1.29 is 9.59 Å². The predicted octanol–water partition coefficient (Wildman–Crippen LogP) is 1.98. The number of nitrogens with zero attached hydrogens (tertiary/aromatic N) is 1. The Morgan fingerprint density at radius 2 is 1.88 bits per heavy atom. The summed E-state index contributed by atoms with van der Waals surface area (Å²) in [7, 11) is 0. The minimum Gasteiger partial charge on any atom is -0.352 e. The number of likely N-dealkylation sites (tertiary alicyclic amines) is 1. The van der Waals surface area contributed by atoms with Crippen molar-refractivity contribution in [3.05, 3.63) is 35.4 Å². The Morgan fingerprint density at radius 1 is 1.25 bits per heavy atom. The molecule has 5 nitrogen and oxygen atoms in total. The van der Waals surface area contributed by atoms with Gasteiger partial charge in [-0.3, -0.25) is 9.59 Å². The van der Waals surface area contributed by atoms with E-state index in [0.717, 1.165) is 18.4 Å². The fraction of sp³-hybridized carbons (Fsp3) is 0.579. The summed E-state index contributed by atoms with van der Waals surface area (Å²) in [6.45, 7) is 5.87. The van der Waals surface area contributed by atoms with E-state index in [0.29, 0.717) is 32.5 Å². The number of aryl methyl sites for hydroxylation is 1. The van der Waals surface area contributed by atoms with Crippen molar-refractivity contribution in [3.8, 4) is 0 Å². The molecule has 1 saturated heterocycles. The Bertz CT molecular complexity index is 548. The van der Waals surface area contributed by atoms with Crippen LogP contribution in [0.25, 0.3) is 0 Å². The molecule has 3 N–H and O–H groups in total. The van der Waals surface area contributed by atoms with Gasteiger partial charge in [0.2, 0.25) is 11.8 Å². The summed E-state index contributed by atoms with van der Waals surface area (Å²) in [6, 6.07) is 7.76. The van der Waals surface area contributed by atoms with E-state index in [9.17, 15) is 9.59 Å². The molecule has 0 aliphatic carbocycles. The van der Waals surface area contributed by atoms with Gasteiger partial charge in [0.25, 0.3) is 0 Å². The SMILES string of the molecule is CCCC(N)C(=O)N1CCC(C(=O)NCc2ccc(C)cc2)CC1. The molecule has 1 atom stereocenters.